The highest BCUT2D eigenvalue weighted by molar-refractivity contribution is 7.90. The van der Waals surface area contributed by atoms with Gasteiger partial charge in [0.15, 0.2) is 0 Å². The quantitative estimate of drug-likeness (QED) is 0.561. The molecule has 10 heteroatoms. The topological polar surface area (TPSA) is 108 Å². The molecule has 2 N–H and O–H groups in total. The molecule has 0 aromatic carbocycles. The summed E-state index contributed by atoms with van der Waals surface area (Å²) in [6, 6.07) is -0.252. The second-order valence-corrected chi connectivity index (χ2v) is 13.7. The van der Waals surface area contributed by atoms with E-state index in [4.69, 9.17) is 4.84 Å². The van der Waals surface area contributed by atoms with E-state index in [1.54, 1.807) is 0 Å². The molecule has 5 atom stereocenters. The van der Waals surface area contributed by atoms with E-state index in [2.05, 4.69) is 10.2 Å². The van der Waals surface area contributed by atoms with Gasteiger partial charge in [-0.2, -0.15) is 5.48 Å². The van der Waals surface area contributed by atoms with Crippen molar-refractivity contribution in [2.45, 2.75) is 113 Å². The number of nitrogens with zero attached hydrogens (tertiary/aromatic N) is 2. The number of fused-ring (bicyclic) bond motifs is 1. The van der Waals surface area contributed by atoms with Crippen molar-refractivity contribution in [2.24, 2.45) is 11.8 Å². The molecule has 5 fully saturated rings. The number of nitrogens with one attached hydrogen (secondary N) is 2. The summed E-state index contributed by atoms with van der Waals surface area (Å²) >= 11 is 0. The number of carbonyl (C=O) groups excluding carboxylic acids is 2. The number of rotatable bonds is 7. The number of amides is 3. The van der Waals surface area contributed by atoms with E-state index in [1.165, 1.54) is 24.2 Å². The monoisotopic (exact) mass is 496 g/mol. The lowest BCUT2D eigenvalue weighted by atomic mass is 9.79. The van der Waals surface area contributed by atoms with Crippen LogP contribution in [0.4, 0.5) is 4.79 Å². The van der Waals surface area contributed by atoms with Gasteiger partial charge in [0, 0.05) is 24.2 Å². The third kappa shape index (κ3) is 5.01. The molecule has 0 bridgehead atoms. The van der Waals surface area contributed by atoms with Crippen molar-refractivity contribution >= 4 is 22.0 Å². The summed E-state index contributed by atoms with van der Waals surface area (Å²) in [4.78, 5) is 36.2. The average molecular weight is 497 g/mol. The van der Waals surface area contributed by atoms with E-state index in [0.717, 1.165) is 32.1 Å². The Bertz CT molecular complexity index is 901. The van der Waals surface area contributed by atoms with Crippen LogP contribution in [0.3, 0.4) is 0 Å². The highest BCUT2D eigenvalue weighted by Gasteiger charge is 2.52. The van der Waals surface area contributed by atoms with Crippen LogP contribution in [0, 0.1) is 11.8 Å². The summed E-state index contributed by atoms with van der Waals surface area (Å²) in [7, 11) is -3.52. The highest BCUT2D eigenvalue weighted by atomic mass is 32.2. The second kappa shape index (κ2) is 9.33. The van der Waals surface area contributed by atoms with Crippen molar-refractivity contribution in [3.63, 3.8) is 0 Å². The van der Waals surface area contributed by atoms with E-state index in [0.29, 0.717) is 25.3 Å². The predicted octanol–water partition coefficient (Wildman–Crippen LogP) is 2.52. The average Bonchev–Trinajstić information content (AvgIpc) is 3.37. The van der Waals surface area contributed by atoms with Gasteiger partial charge in [-0.15, -0.1) is 0 Å². The van der Waals surface area contributed by atoms with Gasteiger partial charge >= 0.3 is 6.03 Å². The number of hydrogen-bond donors (Lipinski definition) is 2. The van der Waals surface area contributed by atoms with Crippen molar-refractivity contribution in [1.29, 1.82) is 0 Å². The molecule has 3 saturated carbocycles. The zero-order chi connectivity index (χ0) is 24.1. The zero-order valence-corrected chi connectivity index (χ0v) is 21.3. The van der Waals surface area contributed by atoms with Crippen LogP contribution < -0.4 is 10.2 Å². The van der Waals surface area contributed by atoms with Crippen LogP contribution in [-0.4, -0.2) is 72.2 Å². The molecule has 192 valence electrons. The standard InChI is InChI=1S/C24H40N4O5S/c1-16-12-18(33-25-16)15-28-22(29)20-13-19(34(31,32)26-24(2)10-11-24)8-9-21(20)27(23(28)30)14-17-6-4-3-5-7-17/h16-21,25-26H,3-15H2,1-2H3. The molecule has 5 rings (SSSR count). The number of hydrogen-bond acceptors (Lipinski definition) is 6. The molecule has 5 aliphatic rings. The largest absolute Gasteiger partial charge is 0.327 e. The van der Waals surface area contributed by atoms with E-state index in [-0.39, 0.29) is 48.6 Å². The van der Waals surface area contributed by atoms with E-state index in [1.807, 2.05) is 18.7 Å². The van der Waals surface area contributed by atoms with Crippen molar-refractivity contribution in [3.8, 4) is 0 Å². The fourth-order valence-corrected chi connectivity index (χ4v) is 8.36. The van der Waals surface area contributed by atoms with E-state index in [9.17, 15) is 18.0 Å². The van der Waals surface area contributed by atoms with Gasteiger partial charge in [0.25, 0.3) is 0 Å². The molecule has 2 heterocycles. The first-order valence-corrected chi connectivity index (χ1v) is 14.8. The first-order chi connectivity index (χ1) is 16.2. The fraction of sp³-hybridized carbons (Fsp3) is 0.917. The smallest absolute Gasteiger partial charge is 0.320 e. The summed E-state index contributed by atoms with van der Waals surface area (Å²) < 4.78 is 29.2. The first-order valence-electron chi connectivity index (χ1n) is 13.2. The second-order valence-electron chi connectivity index (χ2n) is 11.7. The van der Waals surface area contributed by atoms with Crippen molar-refractivity contribution in [2.75, 3.05) is 13.1 Å². The molecular formula is C24H40N4O5S. The fourth-order valence-electron chi connectivity index (χ4n) is 6.39. The van der Waals surface area contributed by atoms with Gasteiger partial charge in [-0.05, 0) is 71.1 Å². The van der Waals surface area contributed by atoms with Crippen LogP contribution in [-0.2, 0) is 19.7 Å². The van der Waals surface area contributed by atoms with Gasteiger partial charge < -0.3 is 4.90 Å². The van der Waals surface area contributed by atoms with Gasteiger partial charge in [-0.3, -0.25) is 14.5 Å². The van der Waals surface area contributed by atoms with Crippen LogP contribution >= 0.6 is 0 Å². The van der Waals surface area contributed by atoms with Gasteiger partial charge in [-0.1, -0.05) is 19.3 Å². The molecule has 0 radical (unpaired) electrons. The number of hydroxylamine groups is 1. The normalized spacial score (nSPS) is 36.6. The molecule has 5 unspecified atom stereocenters. The summed E-state index contributed by atoms with van der Waals surface area (Å²) in [5.41, 5.74) is 2.60. The van der Waals surface area contributed by atoms with Crippen LogP contribution in [0.5, 0.6) is 0 Å². The summed E-state index contributed by atoms with van der Waals surface area (Å²) in [5.74, 6) is -0.248. The SMILES string of the molecule is CC1CC(CN2C(=O)C3CC(S(=O)(=O)NC4(C)CC4)CCC3N(CC3CCCCC3)C2=O)ON1. The predicted molar refractivity (Wildman–Crippen MR) is 127 cm³/mol. The van der Waals surface area contributed by atoms with Gasteiger partial charge in [0.2, 0.25) is 15.9 Å². The number of carbonyl (C=O) groups is 2. The molecule has 0 aromatic rings. The number of imide groups is 1. The Kier molecular flexibility index (Phi) is 6.72. The highest BCUT2D eigenvalue weighted by Crippen LogP contribution is 2.41. The van der Waals surface area contributed by atoms with Crippen molar-refractivity contribution in [3.05, 3.63) is 0 Å². The lowest BCUT2D eigenvalue weighted by Crippen LogP contribution is -2.65. The molecule has 2 saturated heterocycles. The van der Waals surface area contributed by atoms with Crippen molar-refractivity contribution < 1.29 is 22.8 Å². The Hall–Kier alpha value is -1.23. The minimum atomic E-state index is -3.52. The van der Waals surface area contributed by atoms with E-state index < -0.39 is 21.2 Å². The molecule has 0 spiro atoms. The Morgan fingerprint density at radius 2 is 1.79 bits per heavy atom. The maximum absolute atomic E-state index is 13.6. The van der Waals surface area contributed by atoms with Gasteiger partial charge in [-0.25, -0.2) is 17.9 Å². The lowest BCUT2D eigenvalue weighted by molar-refractivity contribution is -0.142. The molecule has 34 heavy (non-hydrogen) atoms. The molecule has 3 aliphatic carbocycles. The summed E-state index contributed by atoms with van der Waals surface area (Å²) in [5, 5.41) is -0.592. The number of urea groups is 1. The van der Waals surface area contributed by atoms with Crippen LogP contribution in [0.25, 0.3) is 0 Å². The minimum absolute atomic E-state index is 0.171. The summed E-state index contributed by atoms with van der Waals surface area (Å²) in [6.07, 6.45) is 9.38. The van der Waals surface area contributed by atoms with Crippen LogP contribution in [0.15, 0.2) is 0 Å². The van der Waals surface area contributed by atoms with Crippen molar-refractivity contribution in [1.82, 2.24) is 20.0 Å². The first kappa shape index (κ1) is 24.5. The third-order valence-corrected chi connectivity index (χ3v) is 10.8. The Labute approximate surface area is 203 Å². The van der Waals surface area contributed by atoms with Crippen LogP contribution in [0.1, 0.15) is 84.5 Å². The molecule has 3 amide bonds. The maximum Gasteiger partial charge on any atom is 0.327 e. The van der Waals surface area contributed by atoms with Gasteiger partial charge in [0.1, 0.15) is 0 Å². The maximum atomic E-state index is 13.6. The third-order valence-electron chi connectivity index (χ3n) is 8.67. The molecule has 2 aliphatic heterocycles. The molecule has 0 aromatic heterocycles. The molecular weight excluding hydrogens is 456 g/mol. The number of sulfonamides is 1. The summed E-state index contributed by atoms with van der Waals surface area (Å²) in [6.45, 7) is 4.82. The van der Waals surface area contributed by atoms with Gasteiger partial charge in [0.05, 0.1) is 23.8 Å². The van der Waals surface area contributed by atoms with Crippen LogP contribution in [0.2, 0.25) is 0 Å². The molecule has 9 nitrogen and oxygen atoms in total. The zero-order valence-electron chi connectivity index (χ0n) is 20.5. The van der Waals surface area contributed by atoms with E-state index >= 15 is 0 Å². The Balaban J connectivity index is 1.36. The minimum Gasteiger partial charge on any atom is -0.320 e. The Morgan fingerprint density at radius 3 is 2.44 bits per heavy atom. The lowest BCUT2D eigenvalue weighted by Gasteiger charge is -2.49. The Morgan fingerprint density at radius 1 is 1.06 bits per heavy atom.